The largest absolute Gasteiger partial charge is 0.314 e. The molecule has 1 nitrogen and oxygen atoms in total. The first-order chi connectivity index (χ1) is 6.92. The van der Waals surface area contributed by atoms with Gasteiger partial charge in [-0.2, -0.15) is 0 Å². The van der Waals surface area contributed by atoms with E-state index in [0.29, 0.717) is 0 Å². The van der Waals surface area contributed by atoms with E-state index in [2.05, 4.69) is 17.5 Å². The van der Waals surface area contributed by atoms with E-state index < -0.39 is 0 Å². The molecule has 2 fully saturated rings. The van der Waals surface area contributed by atoms with E-state index in [1.807, 2.05) is 0 Å². The van der Waals surface area contributed by atoms with Crippen LogP contribution in [0.25, 0.3) is 0 Å². The third kappa shape index (κ3) is 1.63. The van der Waals surface area contributed by atoms with Crippen molar-refractivity contribution in [2.45, 2.75) is 44.6 Å². The second-order valence-electron chi connectivity index (χ2n) is 5.43. The third-order valence-corrected chi connectivity index (χ3v) is 4.44. The van der Waals surface area contributed by atoms with Crippen molar-refractivity contribution in [2.75, 3.05) is 6.54 Å². The summed E-state index contributed by atoms with van der Waals surface area (Å²) in [5.74, 6) is 2.83. The molecule has 0 aromatic heterocycles. The summed E-state index contributed by atoms with van der Waals surface area (Å²) in [6, 6.07) is 0.859. The molecule has 14 heavy (non-hydrogen) atoms. The minimum atomic E-state index is 0.859. The first-order valence-electron chi connectivity index (χ1n) is 6.33. The normalized spacial score (nSPS) is 41.3. The SMILES string of the molecule is C1=CC2CC1C[C@H]2CNC1CCCC1. The fourth-order valence-electron chi connectivity index (χ4n) is 3.58. The van der Waals surface area contributed by atoms with Gasteiger partial charge in [-0.15, -0.1) is 0 Å². The Morgan fingerprint density at radius 2 is 1.93 bits per heavy atom. The summed E-state index contributed by atoms with van der Waals surface area (Å²) >= 11 is 0. The summed E-state index contributed by atoms with van der Waals surface area (Å²) in [7, 11) is 0. The minimum absolute atomic E-state index is 0.859. The molecule has 0 spiro atoms. The summed E-state index contributed by atoms with van der Waals surface area (Å²) in [4.78, 5) is 0. The summed E-state index contributed by atoms with van der Waals surface area (Å²) in [6.07, 6.45) is 13.6. The molecule has 2 bridgehead atoms. The van der Waals surface area contributed by atoms with Crippen molar-refractivity contribution in [2.24, 2.45) is 17.8 Å². The van der Waals surface area contributed by atoms with Crippen LogP contribution in [0.5, 0.6) is 0 Å². The number of allylic oxidation sites excluding steroid dienone is 2. The average Bonchev–Trinajstić information content (AvgIpc) is 2.91. The zero-order chi connectivity index (χ0) is 9.38. The number of hydrogen-bond acceptors (Lipinski definition) is 1. The molecule has 0 aliphatic heterocycles. The lowest BCUT2D eigenvalue weighted by atomic mass is 9.93. The molecule has 0 saturated heterocycles. The Balaban J connectivity index is 1.47. The highest BCUT2D eigenvalue weighted by molar-refractivity contribution is 5.10. The van der Waals surface area contributed by atoms with Crippen LogP contribution in [0, 0.1) is 17.8 Å². The Labute approximate surface area is 87.0 Å². The van der Waals surface area contributed by atoms with Crippen LogP contribution in [0.3, 0.4) is 0 Å². The van der Waals surface area contributed by atoms with E-state index in [9.17, 15) is 0 Å². The summed E-state index contributed by atoms with van der Waals surface area (Å²) < 4.78 is 0. The van der Waals surface area contributed by atoms with Crippen molar-refractivity contribution < 1.29 is 0 Å². The third-order valence-electron chi connectivity index (χ3n) is 4.44. The van der Waals surface area contributed by atoms with Crippen LogP contribution in [0.2, 0.25) is 0 Å². The number of fused-ring (bicyclic) bond motifs is 2. The first-order valence-corrected chi connectivity index (χ1v) is 6.33. The molecule has 3 aliphatic carbocycles. The smallest absolute Gasteiger partial charge is 0.00671 e. The molecule has 1 heteroatoms. The van der Waals surface area contributed by atoms with Crippen LogP contribution in [-0.4, -0.2) is 12.6 Å². The molecular weight excluding hydrogens is 170 g/mol. The number of hydrogen-bond donors (Lipinski definition) is 1. The van der Waals surface area contributed by atoms with Crippen molar-refractivity contribution in [3.63, 3.8) is 0 Å². The fraction of sp³-hybridized carbons (Fsp3) is 0.846. The van der Waals surface area contributed by atoms with E-state index in [4.69, 9.17) is 0 Å². The molecular formula is C13H21N. The minimum Gasteiger partial charge on any atom is -0.314 e. The van der Waals surface area contributed by atoms with Gasteiger partial charge in [0.05, 0.1) is 0 Å². The van der Waals surface area contributed by atoms with Crippen LogP contribution in [0.15, 0.2) is 12.2 Å². The molecule has 0 heterocycles. The highest BCUT2D eigenvalue weighted by Gasteiger charge is 2.35. The van der Waals surface area contributed by atoms with Gasteiger partial charge in [0.15, 0.2) is 0 Å². The van der Waals surface area contributed by atoms with E-state index in [-0.39, 0.29) is 0 Å². The zero-order valence-corrected chi connectivity index (χ0v) is 8.91. The van der Waals surface area contributed by atoms with Crippen LogP contribution in [0.1, 0.15) is 38.5 Å². The maximum absolute atomic E-state index is 3.77. The van der Waals surface area contributed by atoms with E-state index in [1.165, 1.54) is 45.1 Å². The average molecular weight is 191 g/mol. The molecule has 2 saturated carbocycles. The van der Waals surface area contributed by atoms with Gasteiger partial charge in [0, 0.05) is 6.04 Å². The van der Waals surface area contributed by atoms with Gasteiger partial charge in [0.1, 0.15) is 0 Å². The Kier molecular flexibility index (Phi) is 2.36. The van der Waals surface area contributed by atoms with Gasteiger partial charge >= 0.3 is 0 Å². The van der Waals surface area contributed by atoms with Crippen molar-refractivity contribution >= 4 is 0 Å². The zero-order valence-electron chi connectivity index (χ0n) is 8.91. The van der Waals surface area contributed by atoms with Crippen LogP contribution >= 0.6 is 0 Å². The van der Waals surface area contributed by atoms with Crippen LogP contribution < -0.4 is 5.32 Å². The van der Waals surface area contributed by atoms with Crippen molar-refractivity contribution in [3.05, 3.63) is 12.2 Å². The predicted molar refractivity (Wildman–Crippen MR) is 59.1 cm³/mol. The standard InChI is InChI=1S/C13H21N/c1-2-4-13(3-1)14-9-12-8-10-5-6-11(12)7-10/h5-6,10-14H,1-4,7-9H2/t10?,11?,12-/m0/s1. The fourth-order valence-corrected chi connectivity index (χ4v) is 3.58. The van der Waals surface area contributed by atoms with E-state index in [0.717, 1.165) is 23.8 Å². The lowest BCUT2D eigenvalue weighted by Gasteiger charge is -2.21. The lowest BCUT2D eigenvalue weighted by Crippen LogP contribution is -2.32. The quantitative estimate of drug-likeness (QED) is 0.676. The van der Waals surface area contributed by atoms with E-state index >= 15 is 0 Å². The van der Waals surface area contributed by atoms with Gasteiger partial charge in [0.25, 0.3) is 0 Å². The van der Waals surface area contributed by atoms with Gasteiger partial charge in [0.2, 0.25) is 0 Å². The maximum Gasteiger partial charge on any atom is 0.00671 e. The van der Waals surface area contributed by atoms with Gasteiger partial charge < -0.3 is 5.32 Å². The van der Waals surface area contributed by atoms with E-state index in [1.54, 1.807) is 0 Å². The van der Waals surface area contributed by atoms with Gasteiger partial charge in [-0.25, -0.2) is 0 Å². The predicted octanol–water partition coefficient (Wildman–Crippen LogP) is 2.73. The first kappa shape index (κ1) is 8.96. The highest BCUT2D eigenvalue weighted by Crippen LogP contribution is 2.43. The molecule has 3 rings (SSSR count). The summed E-state index contributed by atoms with van der Waals surface area (Å²) in [6.45, 7) is 1.29. The van der Waals surface area contributed by atoms with Gasteiger partial charge in [-0.1, -0.05) is 25.0 Å². The van der Waals surface area contributed by atoms with Gasteiger partial charge in [-0.05, 0) is 50.0 Å². The Morgan fingerprint density at radius 3 is 2.57 bits per heavy atom. The molecule has 0 aromatic carbocycles. The number of nitrogens with one attached hydrogen (secondary N) is 1. The summed E-state index contributed by atoms with van der Waals surface area (Å²) in [5.41, 5.74) is 0. The molecule has 0 aromatic rings. The molecule has 1 N–H and O–H groups in total. The molecule has 3 aliphatic rings. The molecule has 0 amide bonds. The second-order valence-corrected chi connectivity index (χ2v) is 5.43. The van der Waals surface area contributed by atoms with Crippen molar-refractivity contribution in [3.8, 4) is 0 Å². The second kappa shape index (κ2) is 3.69. The topological polar surface area (TPSA) is 12.0 Å². The van der Waals surface area contributed by atoms with Crippen molar-refractivity contribution in [1.29, 1.82) is 0 Å². The Morgan fingerprint density at radius 1 is 1.07 bits per heavy atom. The number of rotatable bonds is 3. The monoisotopic (exact) mass is 191 g/mol. The van der Waals surface area contributed by atoms with Crippen molar-refractivity contribution in [1.82, 2.24) is 5.32 Å². The molecule has 2 unspecified atom stereocenters. The molecule has 78 valence electrons. The van der Waals surface area contributed by atoms with Gasteiger partial charge in [-0.3, -0.25) is 0 Å². The maximum atomic E-state index is 3.77. The summed E-state index contributed by atoms with van der Waals surface area (Å²) in [5, 5.41) is 3.77. The molecule has 0 radical (unpaired) electrons. The molecule has 3 atom stereocenters. The Hall–Kier alpha value is -0.300. The van der Waals surface area contributed by atoms with Crippen LogP contribution in [0.4, 0.5) is 0 Å². The van der Waals surface area contributed by atoms with Crippen LogP contribution in [-0.2, 0) is 0 Å². The lowest BCUT2D eigenvalue weighted by molar-refractivity contribution is 0.383. The Bertz CT molecular complexity index is 227. The highest BCUT2D eigenvalue weighted by atomic mass is 14.9.